The molecule has 72 valence electrons. The highest BCUT2D eigenvalue weighted by Crippen LogP contribution is 2.27. The number of nitriles is 1. The fourth-order valence-corrected chi connectivity index (χ4v) is 1.24. The Morgan fingerprint density at radius 1 is 1.50 bits per heavy atom. The molecule has 0 bridgehead atoms. The van der Waals surface area contributed by atoms with E-state index in [0.29, 0.717) is 15.7 Å². The Kier molecular flexibility index (Phi) is 3.57. The average molecular weight is 229 g/mol. The second-order valence-electron chi connectivity index (χ2n) is 2.33. The number of hydrogen-bond donors (Lipinski definition) is 2. The molecule has 0 amide bonds. The van der Waals surface area contributed by atoms with E-state index in [1.807, 2.05) is 0 Å². The number of nitrogens with one attached hydrogen (secondary N) is 1. The summed E-state index contributed by atoms with van der Waals surface area (Å²) in [5, 5.41) is 11.3. The molecular weight excluding hydrogens is 223 g/mol. The third-order valence-corrected chi connectivity index (χ3v) is 1.87. The van der Waals surface area contributed by atoms with Crippen molar-refractivity contribution < 1.29 is 0 Å². The van der Waals surface area contributed by atoms with Gasteiger partial charge in [0.1, 0.15) is 0 Å². The lowest BCUT2D eigenvalue weighted by Gasteiger charge is -1.99. The maximum Gasteiger partial charge on any atom is 0.207 e. The first-order chi connectivity index (χ1) is 6.63. The molecule has 0 aliphatic heterocycles. The fourth-order valence-electron chi connectivity index (χ4n) is 0.787. The third-order valence-electron chi connectivity index (χ3n) is 1.33. The zero-order valence-corrected chi connectivity index (χ0v) is 8.47. The first kappa shape index (κ1) is 10.6. The van der Waals surface area contributed by atoms with Crippen LogP contribution in [0.5, 0.6) is 0 Å². The predicted molar refractivity (Wildman–Crippen MR) is 56.5 cm³/mol. The maximum atomic E-state index is 8.25. The summed E-state index contributed by atoms with van der Waals surface area (Å²) in [6, 6.07) is 4.78. The smallest absolute Gasteiger partial charge is 0.207 e. The number of rotatable bonds is 1. The molecule has 0 radical (unpaired) electrons. The summed E-state index contributed by atoms with van der Waals surface area (Å²) in [5.74, 6) is -0.0169. The summed E-state index contributed by atoms with van der Waals surface area (Å²) in [6.45, 7) is 0. The molecule has 0 aliphatic carbocycles. The van der Waals surface area contributed by atoms with Gasteiger partial charge in [0.15, 0.2) is 6.19 Å². The molecule has 0 unspecified atom stereocenters. The van der Waals surface area contributed by atoms with Crippen LogP contribution in [0.2, 0.25) is 10.0 Å². The molecule has 0 fully saturated rings. The molecule has 0 atom stereocenters. The van der Waals surface area contributed by atoms with Crippen LogP contribution in [0.4, 0.5) is 5.69 Å². The van der Waals surface area contributed by atoms with Crippen molar-refractivity contribution in [2.45, 2.75) is 0 Å². The van der Waals surface area contributed by atoms with Crippen LogP contribution >= 0.6 is 23.2 Å². The highest BCUT2D eigenvalue weighted by molar-refractivity contribution is 6.36. The van der Waals surface area contributed by atoms with Gasteiger partial charge in [0.05, 0.1) is 10.7 Å². The lowest BCUT2D eigenvalue weighted by Crippen LogP contribution is -2.26. The Labute approximate surface area is 90.9 Å². The van der Waals surface area contributed by atoms with Crippen molar-refractivity contribution in [1.29, 1.82) is 5.26 Å². The third kappa shape index (κ3) is 2.80. The zero-order chi connectivity index (χ0) is 10.6. The van der Waals surface area contributed by atoms with Crippen LogP contribution in [0.15, 0.2) is 23.2 Å². The van der Waals surface area contributed by atoms with Crippen molar-refractivity contribution in [1.82, 2.24) is 5.32 Å². The van der Waals surface area contributed by atoms with Crippen molar-refractivity contribution >= 4 is 34.8 Å². The maximum absolute atomic E-state index is 8.25. The van der Waals surface area contributed by atoms with Gasteiger partial charge in [0.2, 0.25) is 5.96 Å². The molecule has 0 saturated heterocycles. The monoisotopic (exact) mass is 228 g/mol. The number of halogens is 2. The zero-order valence-electron chi connectivity index (χ0n) is 6.96. The first-order valence-corrected chi connectivity index (χ1v) is 4.33. The highest BCUT2D eigenvalue weighted by Gasteiger charge is 2.00. The van der Waals surface area contributed by atoms with Crippen molar-refractivity contribution in [2.75, 3.05) is 0 Å². The molecule has 0 heterocycles. The molecule has 0 spiro atoms. The predicted octanol–water partition coefficient (Wildman–Crippen LogP) is 2.01. The Bertz CT molecular complexity index is 408. The topological polar surface area (TPSA) is 74.2 Å². The molecule has 1 aromatic carbocycles. The molecule has 14 heavy (non-hydrogen) atoms. The normalized spacial score (nSPS) is 10.8. The van der Waals surface area contributed by atoms with Crippen molar-refractivity contribution in [2.24, 2.45) is 10.7 Å². The molecule has 4 nitrogen and oxygen atoms in total. The lowest BCUT2D eigenvalue weighted by atomic mass is 10.3. The highest BCUT2D eigenvalue weighted by atomic mass is 35.5. The summed E-state index contributed by atoms with van der Waals surface area (Å²) in [4.78, 5) is 3.86. The van der Waals surface area contributed by atoms with E-state index in [1.54, 1.807) is 24.4 Å². The van der Waals surface area contributed by atoms with Gasteiger partial charge in [-0.25, -0.2) is 4.99 Å². The van der Waals surface area contributed by atoms with Gasteiger partial charge in [0, 0.05) is 5.02 Å². The average Bonchev–Trinajstić information content (AvgIpc) is 2.10. The van der Waals surface area contributed by atoms with E-state index in [2.05, 4.69) is 10.3 Å². The second-order valence-corrected chi connectivity index (χ2v) is 3.17. The van der Waals surface area contributed by atoms with E-state index in [-0.39, 0.29) is 5.96 Å². The van der Waals surface area contributed by atoms with E-state index in [4.69, 9.17) is 34.2 Å². The number of guanidine groups is 1. The number of benzene rings is 1. The van der Waals surface area contributed by atoms with Crippen LogP contribution in [0, 0.1) is 11.5 Å². The van der Waals surface area contributed by atoms with Gasteiger partial charge in [-0.2, -0.15) is 5.26 Å². The number of nitrogens with two attached hydrogens (primary N) is 1. The van der Waals surface area contributed by atoms with E-state index in [1.165, 1.54) is 0 Å². The SMILES string of the molecule is N#CNC(N)=Nc1ccc(Cl)cc1Cl. The van der Waals surface area contributed by atoms with Crippen LogP contribution in [0.1, 0.15) is 0 Å². The Morgan fingerprint density at radius 3 is 2.79 bits per heavy atom. The van der Waals surface area contributed by atoms with Crippen LogP contribution < -0.4 is 11.1 Å². The van der Waals surface area contributed by atoms with Crippen LogP contribution in [0.3, 0.4) is 0 Å². The van der Waals surface area contributed by atoms with Gasteiger partial charge >= 0.3 is 0 Å². The van der Waals surface area contributed by atoms with E-state index in [9.17, 15) is 0 Å². The molecule has 3 N–H and O–H groups in total. The summed E-state index contributed by atoms with van der Waals surface area (Å²) >= 11 is 11.5. The molecule has 0 saturated carbocycles. The van der Waals surface area contributed by atoms with Gasteiger partial charge in [-0.15, -0.1) is 0 Å². The second kappa shape index (κ2) is 4.70. The Hall–Kier alpha value is -1.44. The van der Waals surface area contributed by atoms with Crippen LogP contribution in [-0.4, -0.2) is 5.96 Å². The number of hydrogen-bond acceptors (Lipinski definition) is 2. The van der Waals surface area contributed by atoms with Crippen LogP contribution in [-0.2, 0) is 0 Å². The summed E-state index contributed by atoms with van der Waals surface area (Å²) in [5.41, 5.74) is 5.80. The Morgan fingerprint density at radius 2 is 2.21 bits per heavy atom. The molecule has 6 heteroatoms. The van der Waals surface area contributed by atoms with Crippen LogP contribution in [0.25, 0.3) is 0 Å². The first-order valence-electron chi connectivity index (χ1n) is 3.58. The summed E-state index contributed by atoms with van der Waals surface area (Å²) in [6.07, 6.45) is 1.64. The quantitative estimate of drug-likeness (QED) is 0.334. The number of nitrogens with zero attached hydrogens (tertiary/aromatic N) is 2. The van der Waals surface area contributed by atoms with Gasteiger partial charge in [0.25, 0.3) is 0 Å². The van der Waals surface area contributed by atoms with Gasteiger partial charge in [-0.05, 0) is 18.2 Å². The molecular formula is C8H6Cl2N4. The summed E-state index contributed by atoms with van der Waals surface area (Å²) in [7, 11) is 0. The number of aliphatic imine (C=N–C) groups is 1. The molecule has 0 aromatic heterocycles. The van der Waals surface area contributed by atoms with Gasteiger partial charge < -0.3 is 5.73 Å². The molecule has 1 rings (SSSR count). The molecule has 0 aliphatic rings. The minimum atomic E-state index is -0.0169. The van der Waals surface area contributed by atoms with E-state index in [0.717, 1.165) is 0 Å². The summed E-state index contributed by atoms with van der Waals surface area (Å²) < 4.78 is 0. The van der Waals surface area contributed by atoms with Crippen molar-refractivity contribution in [3.05, 3.63) is 28.2 Å². The Balaban J connectivity index is 2.98. The van der Waals surface area contributed by atoms with E-state index < -0.39 is 0 Å². The van der Waals surface area contributed by atoms with Gasteiger partial charge in [-0.3, -0.25) is 5.32 Å². The van der Waals surface area contributed by atoms with Gasteiger partial charge in [-0.1, -0.05) is 23.2 Å². The minimum absolute atomic E-state index is 0.0169. The minimum Gasteiger partial charge on any atom is -0.369 e. The molecule has 1 aromatic rings. The van der Waals surface area contributed by atoms with E-state index >= 15 is 0 Å². The largest absolute Gasteiger partial charge is 0.369 e. The van der Waals surface area contributed by atoms with Crippen molar-refractivity contribution in [3.63, 3.8) is 0 Å². The standard InChI is InChI=1S/C8H6Cl2N4/c9-5-1-2-7(6(10)3-5)14-8(12)13-4-11/h1-3H,(H3,12,13,14). The fraction of sp³-hybridized carbons (Fsp3) is 0. The van der Waals surface area contributed by atoms with Crippen molar-refractivity contribution in [3.8, 4) is 6.19 Å². The lowest BCUT2D eigenvalue weighted by molar-refractivity contribution is 1.22.